The monoisotopic (exact) mass is 678 g/mol. The summed E-state index contributed by atoms with van der Waals surface area (Å²) in [5.74, 6) is -6.91. The Morgan fingerprint density at radius 2 is 0.951 bits per heavy atom. The molecule has 0 aliphatic heterocycles. The Morgan fingerprint density at radius 3 is 1.20 bits per heavy atom. The summed E-state index contributed by atoms with van der Waals surface area (Å²) < 4.78 is 3.25. The minimum atomic E-state index is -2.43. The van der Waals surface area contributed by atoms with Gasteiger partial charge < -0.3 is 49.8 Å². The van der Waals surface area contributed by atoms with Crippen molar-refractivity contribution in [3.8, 4) is 0 Å². The molecule has 2 aromatic carbocycles. The minimum Gasteiger partial charge on any atom is -0.550 e. The van der Waals surface area contributed by atoms with Crippen LogP contribution in [0.15, 0.2) is 60.7 Å². The largest absolute Gasteiger partial charge is 0.550 e. The fourth-order valence-corrected chi connectivity index (χ4v) is 7.65. The van der Waals surface area contributed by atoms with Crippen LogP contribution in [0.5, 0.6) is 0 Å². The van der Waals surface area contributed by atoms with Gasteiger partial charge in [0, 0.05) is 37.6 Å². The predicted octanol–water partition coefficient (Wildman–Crippen LogP) is -1.17. The van der Waals surface area contributed by atoms with Gasteiger partial charge in [0.25, 0.3) is 0 Å². The van der Waals surface area contributed by atoms with E-state index in [-0.39, 0.29) is 34.0 Å². The number of hydrogen-bond acceptors (Lipinski definition) is 10. The quantitative estimate of drug-likeness (QED) is 0.161. The molecule has 0 aromatic heterocycles. The molecule has 41 heavy (non-hydrogen) atoms. The second kappa shape index (κ2) is 20.8. The van der Waals surface area contributed by atoms with Gasteiger partial charge in [-0.25, -0.2) is 0 Å². The van der Waals surface area contributed by atoms with Gasteiger partial charge in [0.15, 0.2) is 0 Å². The SMILES string of the molecule is CCC[CH2][Sn+4][CH2]CCC.O=C([O-])CC(O)(Cc1ccccc1)C(=O)[O-].O=C([O-])CC(O)(Cc1ccccc1)C(=O)[O-]. The fourth-order valence-electron chi connectivity index (χ4n) is 3.49. The second-order valence-corrected chi connectivity index (χ2v) is 13.8. The molecule has 2 aromatic rings. The fraction of sp³-hybridized carbons (Fsp3) is 0.467. The van der Waals surface area contributed by atoms with Gasteiger partial charge in [0.2, 0.25) is 0 Å². The average Bonchev–Trinajstić information content (AvgIpc) is 2.89. The number of aliphatic carboxylic acids is 4. The van der Waals surface area contributed by atoms with Crippen molar-refractivity contribution in [2.45, 2.75) is 85.3 Å². The molecule has 2 rings (SSSR count). The Labute approximate surface area is 251 Å². The van der Waals surface area contributed by atoms with Crippen LogP contribution in [0, 0.1) is 0 Å². The van der Waals surface area contributed by atoms with Crippen molar-refractivity contribution in [1.82, 2.24) is 0 Å². The van der Waals surface area contributed by atoms with E-state index < -0.39 is 47.9 Å². The zero-order valence-corrected chi connectivity index (χ0v) is 26.4. The molecule has 0 aliphatic rings. The van der Waals surface area contributed by atoms with Crippen LogP contribution in [0.4, 0.5) is 0 Å². The number of carbonyl (C=O) groups is 4. The second-order valence-electron chi connectivity index (χ2n) is 9.52. The molecule has 0 bridgehead atoms. The molecule has 0 heterocycles. The molecule has 0 saturated heterocycles. The van der Waals surface area contributed by atoms with Gasteiger partial charge >= 0.3 is 69.5 Å². The normalized spacial score (nSPS) is 13.2. The Kier molecular flexibility index (Phi) is 19.3. The minimum absolute atomic E-state index is 0.149. The van der Waals surface area contributed by atoms with E-state index in [0.29, 0.717) is 11.1 Å². The van der Waals surface area contributed by atoms with Crippen LogP contribution >= 0.6 is 0 Å². The average molecular weight is 677 g/mol. The predicted molar refractivity (Wildman–Crippen MR) is 145 cm³/mol. The summed E-state index contributed by atoms with van der Waals surface area (Å²) in [5, 5.41) is 61.4. The van der Waals surface area contributed by atoms with Crippen molar-refractivity contribution in [3.63, 3.8) is 0 Å². The van der Waals surface area contributed by atoms with Crippen LogP contribution < -0.4 is 20.4 Å². The molecule has 0 fully saturated rings. The number of rotatable bonds is 16. The van der Waals surface area contributed by atoms with Crippen molar-refractivity contribution in [2.75, 3.05) is 0 Å². The van der Waals surface area contributed by atoms with Crippen LogP contribution in [0.3, 0.4) is 0 Å². The first kappa shape index (κ1) is 38.0. The van der Waals surface area contributed by atoms with Crippen LogP contribution in [0.2, 0.25) is 8.87 Å². The molecule has 2 atom stereocenters. The number of aliphatic hydroxyl groups is 2. The summed E-state index contributed by atoms with van der Waals surface area (Å²) in [6, 6.07) is 16.4. The molecule has 0 spiro atoms. The number of hydrogen-bond donors (Lipinski definition) is 2. The van der Waals surface area contributed by atoms with Gasteiger partial charge in [-0.05, 0) is 11.1 Å². The zero-order chi connectivity index (χ0) is 31.3. The van der Waals surface area contributed by atoms with E-state index in [1.165, 1.54) is 25.7 Å². The summed E-state index contributed by atoms with van der Waals surface area (Å²) in [7, 11) is 0. The van der Waals surface area contributed by atoms with E-state index in [1.807, 2.05) is 0 Å². The molecule has 222 valence electrons. The van der Waals surface area contributed by atoms with Crippen LogP contribution in [-0.4, -0.2) is 66.4 Å². The number of unbranched alkanes of at least 4 members (excludes halogenated alkanes) is 2. The molecule has 2 unspecified atom stereocenters. The van der Waals surface area contributed by atoms with Crippen molar-refractivity contribution in [1.29, 1.82) is 0 Å². The molecule has 6 radical (unpaired) electrons. The van der Waals surface area contributed by atoms with Crippen molar-refractivity contribution >= 4 is 45.0 Å². The maximum atomic E-state index is 10.7. The number of carbonyl (C=O) groups excluding carboxylic acids is 4. The summed E-state index contributed by atoms with van der Waals surface area (Å²) in [5.41, 5.74) is -3.84. The van der Waals surface area contributed by atoms with Gasteiger partial charge in [-0.15, -0.1) is 0 Å². The third kappa shape index (κ3) is 17.5. The first-order valence-electron chi connectivity index (χ1n) is 13.4. The maximum Gasteiger partial charge on any atom is 0.113 e. The summed E-state index contributed by atoms with van der Waals surface area (Å²) in [6.45, 7) is 4.58. The van der Waals surface area contributed by atoms with E-state index in [4.69, 9.17) is 0 Å². The number of benzene rings is 2. The number of carboxylic acids is 4. The van der Waals surface area contributed by atoms with Gasteiger partial charge in [-0.2, -0.15) is 0 Å². The zero-order valence-electron chi connectivity index (χ0n) is 23.5. The third-order valence-electron chi connectivity index (χ3n) is 5.73. The van der Waals surface area contributed by atoms with E-state index >= 15 is 0 Å². The van der Waals surface area contributed by atoms with E-state index in [1.54, 1.807) is 69.5 Å². The molecular formula is C30H38O10Sn. The molecule has 10 nitrogen and oxygen atoms in total. The molecular weight excluding hydrogens is 639 g/mol. The molecule has 2 N–H and O–H groups in total. The Bertz CT molecular complexity index is 964. The maximum absolute atomic E-state index is 10.7. The Hall–Kier alpha value is -2.96. The van der Waals surface area contributed by atoms with Gasteiger partial charge in [-0.3, -0.25) is 0 Å². The van der Waals surface area contributed by atoms with Crippen LogP contribution in [-0.2, 0) is 32.0 Å². The number of carboxylic acid groups (broad SMARTS) is 4. The van der Waals surface area contributed by atoms with E-state index in [9.17, 15) is 49.8 Å². The Balaban J connectivity index is 0.000000612. The molecule has 0 amide bonds. The van der Waals surface area contributed by atoms with Crippen molar-refractivity contribution < 1.29 is 49.8 Å². The van der Waals surface area contributed by atoms with Crippen LogP contribution in [0.25, 0.3) is 0 Å². The van der Waals surface area contributed by atoms with Gasteiger partial charge in [-0.1, -0.05) is 60.7 Å². The first-order valence-corrected chi connectivity index (χ1v) is 17.4. The summed E-state index contributed by atoms with van der Waals surface area (Å²) in [4.78, 5) is 42.1. The topological polar surface area (TPSA) is 201 Å². The smallest absolute Gasteiger partial charge is 0.113 e. The summed E-state index contributed by atoms with van der Waals surface area (Å²) in [6.07, 6.45) is 3.19. The molecule has 0 aliphatic carbocycles. The standard InChI is InChI=1S/2C11H12O5.2C4H9.Sn/c2*12-9(13)7-11(16,10(14)15)6-8-4-2-1-3-5-8;2*1-3-4-2;/h2*1-5,16H,6-7H2,(H,12,13)(H,14,15);2*1,3-4H2,2H3;/q;;;;+4/p-4. The first-order chi connectivity index (χ1) is 19.3. The van der Waals surface area contributed by atoms with Gasteiger partial charge in [0.1, 0.15) is 11.2 Å². The van der Waals surface area contributed by atoms with Crippen molar-refractivity contribution in [3.05, 3.63) is 71.8 Å². The summed E-state index contributed by atoms with van der Waals surface area (Å²) >= 11 is 0.149. The van der Waals surface area contributed by atoms with Crippen LogP contribution in [0.1, 0.15) is 63.5 Å². The van der Waals surface area contributed by atoms with Gasteiger partial charge in [0.05, 0.1) is 11.9 Å². The van der Waals surface area contributed by atoms with E-state index in [2.05, 4.69) is 13.8 Å². The molecule has 0 saturated carbocycles. The Morgan fingerprint density at radius 1 is 0.634 bits per heavy atom. The molecule has 11 heteroatoms. The van der Waals surface area contributed by atoms with E-state index in [0.717, 1.165) is 0 Å². The third-order valence-corrected chi connectivity index (χ3v) is 9.76. The van der Waals surface area contributed by atoms with Crippen molar-refractivity contribution in [2.24, 2.45) is 0 Å².